The van der Waals surface area contributed by atoms with Crippen LogP contribution in [0, 0.1) is 20.8 Å². The number of nitrogens with zero attached hydrogens (tertiary/aromatic N) is 2. The van der Waals surface area contributed by atoms with Gasteiger partial charge in [0.15, 0.2) is 0 Å². The van der Waals surface area contributed by atoms with Crippen LogP contribution in [-0.2, 0) is 4.84 Å². The van der Waals surface area contributed by atoms with Crippen LogP contribution < -0.4 is 0 Å². The second kappa shape index (κ2) is 7.58. The molecule has 2 aromatic carbocycles. The predicted molar refractivity (Wildman–Crippen MR) is 113 cm³/mol. The molecule has 1 heterocycles. The number of fused-ring (bicyclic) bond motifs is 1. The Bertz CT molecular complexity index is 985. The third kappa shape index (κ3) is 3.38. The van der Waals surface area contributed by atoms with Crippen LogP contribution in [0.4, 0.5) is 0 Å². The monoisotopic (exact) mass is 410 g/mol. The van der Waals surface area contributed by atoms with Crippen molar-refractivity contribution in [2.24, 2.45) is 5.16 Å². The minimum atomic E-state index is 0.799. The zero-order valence-electron chi connectivity index (χ0n) is 15.9. The maximum Gasteiger partial charge on any atom is 0.106 e. The lowest BCUT2D eigenvalue weighted by Crippen LogP contribution is -2.04. The van der Waals surface area contributed by atoms with Gasteiger partial charge in [0.1, 0.15) is 7.11 Å². The molecule has 0 saturated carbocycles. The number of hydrogen-bond donors (Lipinski definition) is 0. The number of pyridine rings is 1. The van der Waals surface area contributed by atoms with E-state index in [1.165, 1.54) is 16.7 Å². The first kappa shape index (κ1) is 18.6. The summed E-state index contributed by atoms with van der Waals surface area (Å²) in [5, 5.41) is 5.34. The van der Waals surface area contributed by atoms with Gasteiger partial charge in [0, 0.05) is 26.7 Å². The molecule has 0 atom stereocenters. The van der Waals surface area contributed by atoms with E-state index in [1.807, 2.05) is 6.92 Å². The molecule has 134 valence electrons. The van der Waals surface area contributed by atoms with Crippen molar-refractivity contribution in [2.45, 2.75) is 34.1 Å². The Morgan fingerprint density at radius 1 is 1.12 bits per heavy atom. The molecular weight excluding hydrogens is 388 g/mol. The van der Waals surface area contributed by atoms with Gasteiger partial charge in [-0.05, 0) is 62.1 Å². The highest BCUT2D eigenvalue weighted by atomic mass is 79.9. The van der Waals surface area contributed by atoms with Crippen LogP contribution in [0.25, 0.3) is 22.0 Å². The molecule has 26 heavy (non-hydrogen) atoms. The summed E-state index contributed by atoms with van der Waals surface area (Å²) in [5.41, 5.74) is 8.87. The van der Waals surface area contributed by atoms with E-state index in [0.29, 0.717) is 0 Å². The number of aromatic nitrogens is 1. The number of benzene rings is 2. The summed E-state index contributed by atoms with van der Waals surface area (Å²) < 4.78 is 1.10. The van der Waals surface area contributed by atoms with Crippen LogP contribution in [0.2, 0.25) is 0 Å². The van der Waals surface area contributed by atoms with Crippen molar-refractivity contribution in [3.05, 3.63) is 63.3 Å². The van der Waals surface area contributed by atoms with E-state index in [0.717, 1.165) is 44.3 Å². The predicted octanol–water partition coefficient (Wildman–Crippen LogP) is 6.35. The molecule has 0 aliphatic heterocycles. The molecule has 0 bridgehead atoms. The molecule has 0 radical (unpaired) electrons. The Hall–Kier alpha value is -2.20. The number of oxime groups is 1. The standard InChI is InChI=1S/C22H23BrN2O/c1-6-20(25-26-5)19-12-15(4)24-22-17(19)8-7-9-18(22)21-13(2)10-16(23)11-14(21)3/h7-12H,6H2,1-5H3/b25-20+. The molecule has 1 aromatic heterocycles. The first-order chi connectivity index (χ1) is 12.5. The summed E-state index contributed by atoms with van der Waals surface area (Å²) in [6.07, 6.45) is 0.799. The van der Waals surface area contributed by atoms with E-state index < -0.39 is 0 Å². The zero-order chi connectivity index (χ0) is 18.8. The average Bonchev–Trinajstić information content (AvgIpc) is 2.58. The Labute approximate surface area is 163 Å². The lowest BCUT2D eigenvalue weighted by Gasteiger charge is -2.16. The van der Waals surface area contributed by atoms with Gasteiger partial charge in [-0.15, -0.1) is 0 Å². The van der Waals surface area contributed by atoms with Crippen LogP contribution in [0.1, 0.15) is 35.7 Å². The number of para-hydroxylation sites is 1. The molecule has 0 aliphatic carbocycles. The minimum Gasteiger partial charge on any atom is -0.399 e. The van der Waals surface area contributed by atoms with Gasteiger partial charge in [-0.1, -0.05) is 46.2 Å². The fourth-order valence-corrected chi connectivity index (χ4v) is 4.25. The molecule has 0 saturated heterocycles. The van der Waals surface area contributed by atoms with Crippen LogP contribution in [-0.4, -0.2) is 17.8 Å². The Balaban J connectivity index is 2.38. The van der Waals surface area contributed by atoms with Crippen molar-refractivity contribution in [3.8, 4) is 11.1 Å². The number of halogens is 1. The molecule has 0 spiro atoms. The van der Waals surface area contributed by atoms with Gasteiger partial charge in [0.2, 0.25) is 0 Å². The van der Waals surface area contributed by atoms with Gasteiger partial charge >= 0.3 is 0 Å². The van der Waals surface area contributed by atoms with Crippen molar-refractivity contribution in [3.63, 3.8) is 0 Å². The van der Waals surface area contributed by atoms with Crippen LogP contribution in [0.3, 0.4) is 0 Å². The Morgan fingerprint density at radius 3 is 2.42 bits per heavy atom. The quantitative estimate of drug-likeness (QED) is 0.370. The lowest BCUT2D eigenvalue weighted by molar-refractivity contribution is 0.213. The third-order valence-electron chi connectivity index (χ3n) is 4.58. The van der Waals surface area contributed by atoms with Gasteiger partial charge < -0.3 is 4.84 Å². The highest BCUT2D eigenvalue weighted by Gasteiger charge is 2.16. The summed E-state index contributed by atoms with van der Waals surface area (Å²) in [7, 11) is 1.59. The fraction of sp³-hybridized carbons (Fsp3) is 0.273. The third-order valence-corrected chi connectivity index (χ3v) is 5.04. The first-order valence-electron chi connectivity index (χ1n) is 8.74. The van der Waals surface area contributed by atoms with Crippen LogP contribution >= 0.6 is 15.9 Å². The van der Waals surface area contributed by atoms with E-state index in [4.69, 9.17) is 9.82 Å². The summed E-state index contributed by atoms with van der Waals surface area (Å²) in [6.45, 7) is 8.41. The first-order valence-corrected chi connectivity index (χ1v) is 9.53. The van der Waals surface area contributed by atoms with Crippen molar-refractivity contribution >= 4 is 32.5 Å². The molecule has 0 N–H and O–H groups in total. The van der Waals surface area contributed by atoms with Crippen molar-refractivity contribution < 1.29 is 4.84 Å². The van der Waals surface area contributed by atoms with Crippen molar-refractivity contribution in [1.29, 1.82) is 0 Å². The van der Waals surface area contributed by atoms with E-state index >= 15 is 0 Å². The van der Waals surface area contributed by atoms with E-state index in [1.54, 1.807) is 7.11 Å². The fourth-order valence-electron chi connectivity index (χ4n) is 3.57. The second-order valence-electron chi connectivity index (χ2n) is 6.50. The zero-order valence-corrected chi connectivity index (χ0v) is 17.4. The molecule has 4 heteroatoms. The maximum atomic E-state index is 5.07. The highest BCUT2D eigenvalue weighted by Crippen LogP contribution is 2.35. The van der Waals surface area contributed by atoms with Gasteiger partial charge in [0.05, 0.1) is 11.2 Å². The molecule has 0 fully saturated rings. The van der Waals surface area contributed by atoms with E-state index in [2.05, 4.69) is 78.3 Å². The summed E-state index contributed by atoms with van der Waals surface area (Å²) >= 11 is 3.59. The van der Waals surface area contributed by atoms with E-state index in [9.17, 15) is 0 Å². The van der Waals surface area contributed by atoms with Gasteiger partial charge in [-0.2, -0.15) is 0 Å². The highest BCUT2D eigenvalue weighted by molar-refractivity contribution is 9.10. The van der Waals surface area contributed by atoms with E-state index in [-0.39, 0.29) is 0 Å². The topological polar surface area (TPSA) is 34.5 Å². The molecule has 3 nitrogen and oxygen atoms in total. The largest absolute Gasteiger partial charge is 0.399 e. The molecule has 0 aliphatic rings. The molecule has 0 unspecified atom stereocenters. The normalized spacial score (nSPS) is 11.8. The van der Waals surface area contributed by atoms with Crippen LogP contribution in [0.5, 0.6) is 0 Å². The molecule has 3 aromatic rings. The Morgan fingerprint density at radius 2 is 1.81 bits per heavy atom. The van der Waals surface area contributed by atoms with Gasteiger partial charge in [-0.25, -0.2) is 0 Å². The Kier molecular flexibility index (Phi) is 5.42. The van der Waals surface area contributed by atoms with Crippen LogP contribution in [0.15, 0.2) is 46.0 Å². The average molecular weight is 411 g/mol. The summed E-state index contributed by atoms with van der Waals surface area (Å²) in [4.78, 5) is 9.95. The molecule has 3 rings (SSSR count). The van der Waals surface area contributed by atoms with Crippen molar-refractivity contribution in [2.75, 3.05) is 7.11 Å². The number of hydrogen-bond acceptors (Lipinski definition) is 3. The maximum absolute atomic E-state index is 5.07. The number of aryl methyl sites for hydroxylation is 3. The van der Waals surface area contributed by atoms with Gasteiger partial charge in [0.25, 0.3) is 0 Å². The number of rotatable bonds is 4. The molecular formula is C22H23BrN2O. The van der Waals surface area contributed by atoms with Gasteiger partial charge in [-0.3, -0.25) is 4.98 Å². The molecule has 0 amide bonds. The lowest BCUT2D eigenvalue weighted by atomic mass is 9.92. The SMILES string of the molecule is CC/C(=N\OC)c1cc(C)nc2c(-c3c(C)cc(Br)cc3C)cccc12. The van der Waals surface area contributed by atoms with Crippen molar-refractivity contribution in [1.82, 2.24) is 4.98 Å². The second-order valence-corrected chi connectivity index (χ2v) is 7.42. The summed E-state index contributed by atoms with van der Waals surface area (Å²) in [5.74, 6) is 0. The minimum absolute atomic E-state index is 0.799. The summed E-state index contributed by atoms with van der Waals surface area (Å²) in [6, 6.07) is 12.8. The smallest absolute Gasteiger partial charge is 0.106 e.